The average molecular weight is 1550 g/mol. The van der Waals surface area contributed by atoms with Gasteiger partial charge in [-0.2, -0.15) is 0 Å². The van der Waals surface area contributed by atoms with Gasteiger partial charge < -0.3 is 196 Å². The summed E-state index contributed by atoms with van der Waals surface area (Å²) in [6.45, 7) is -7.15. The number of thiazole rings is 2. The minimum Gasteiger partial charge on any atom is -0.394 e. The number of urea groups is 1. The lowest BCUT2D eigenvalue weighted by Gasteiger charge is -2.50. The SMILES string of the molecule is NC(=O)Nc1cc2cc(c1)NCc1nc(cs1)C(=O)NC[C@H]1O[C@@H]3O[C@H]4C(O)C(O)[C@H](O[C@@H]4CO)O[C@H]4C(O)C(O)[C@H](O[C@@H]4CO)O[C@H]4C(O)C(O)[C@H](O[C@@H]4CO)O[C@H]4C(O)C(O)[C@H](O[C@@H]4CNC(=O)c4csc(n4)CN2)O[C@H]2C(O)C(O)[C@H](O[C@@H]2CO)O[C@H]2C(O)C(O)[C@H](O[C@@H]2CO)O[C@H]1C(O)C3O. The molecule has 3 aromatic rings. The molecule has 14 unspecified atom stereocenters. The van der Waals surface area contributed by atoms with E-state index < -0.39 is 279 Å². The molecule has 46 heteroatoms. The molecular formula is C59H84N8O36S2. The van der Waals surface area contributed by atoms with Crippen LogP contribution >= 0.6 is 22.7 Å². The van der Waals surface area contributed by atoms with Crippen LogP contribution in [0.4, 0.5) is 21.9 Å². The molecule has 21 saturated heterocycles. The molecule has 35 atom stereocenters. The number of benzene rings is 1. The summed E-state index contributed by atoms with van der Waals surface area (Å²) < 4.78 is 83.1. The van der Waals surface area contributed by atoms with E-state index in [1.165, 1.54) is 22.9 Å². The van der Waals surface area contributed by atoms with Gasteiger partial charge in [0.05, 0.1) is 46.1 Å². The number of nitrogens with one attached hydrogen (secondary N) is 5. The molecule has 44 nitrogen and oxygen atoms in total. The number of carbonyl (C=O) groups excluding carboxylic acids is 3. The predicted octanol–water partition coefficient (Wildman–Crippen LogP) is -12.4. The van der Waals surface area contributed by atoms with Crippen molar-refractivity contribution in [3.05, 3.63) is 50.4 Å². The topological polar surface area (TPSA) is 677 Å². The maximum atomic E-state index is 14.1. The first-order chi connectivity index (χ1) is 50.2. The number of rotatable bonds is 6. The van der Waals surface area contributed by atoms with E-state index in [-0.39, 0.29) is 30.2 Å². The Hall–Kier alpha value is -5.03. The van der Waals surface area contributed by atoms with Gasteiger partial charge in [-0.1, -0.05) is 0 Å². The van der Waals surface area contributed by atoms with E-state index in [2.05, 4.69) is 36.6 Å². The summed E-state index contributed by atoms with van der Waals surface area (Å²) in [5, 5.41) is 236. The van der Waals surface area contributed by atoms with E-state index >= 15 is 0 Å². The second kappa shape index (κ2) is 34.1. The number of aliphatic hydroxyl groups is 19. The quantitative estimate of drug-likeness (QED) is 0.109. The monoisotopic (exact) mass is 1540 g/mol. The van der Waals surface area contributed by atoms with Gasteiger partial charge in [0.25, 0.3) is 11.8 Å². The summed E-state index contributed by atoms with van der Waals surface area (Å²) in [7, 11) is 0. The van der Waals surface area contributed by atoms with Gasteiger partial charge in [-0.15, -0.1) is 22.7 Å². The highest BCUT2D eigenvalue weighted by Gasteiger charge is 2.60. The number of aromatic nitrogens is 2. The molecule has 2 aromatic heterocycles. The summed E-state index contributed by atoms with van der Waals surface area (Å²) in [5.41, 5.74) is 6.03. The normalized spacial score (nSPS) is 44.7. The van der Waals surface area contributed by atoms with Crippen molar-refractivity contribution in [2.75, 3.05) is 62.1 Å². The van der Waals surface area contributed by atoms with Gasteiger partial charge in [-0.25, -0.2) is 14.8 Å². The van der Waals surface area contributed by atoms with Crippen LogP contribution in [0.3, 0.4) is 0 Å². The number of nitrogens with two attached hydrogens (primary N) is 1. The fraction of sp³-hybridized carbons (Fsp3) is 0.746. The van der Waals surface area contributed by atoms with Crippen LogP contribution in [0.5, 0.6) is 0 Å². The summed E-state index contributed by atoms with van der Waals surface area (Å²) in [6, 6.07) is 3.74. The van der Waals surface area contributed by atoms with Crippen molar-refractivity contribution in [1.29, 1.82) is 0 Å². The number of hydrogen-bond acceptors (Lipinski definition) is 42. The smallest absolute Gasteiger partial charge is 0.316 e. The fourth-order valence-corrected chi connectivity index (χ4v) is 14.8. The van der Waals surface area contributed by atoms with Gasteiger partial charge in [0, 0.05) is 40.9 Å². The summed E-state index contributed by atoms with van der Waals surface area (Å²) in [4.78, 5) is 49.1. The predicted molar refractivity (Wildman–Crippen MR) is 337 cm³/mol. The molecule has 1 aromatic carbocycles. The third-order valence-corrected chi connectivity index (χ3v) is 20.7. The second-order valence-corrected chi connectivity index (χ2v) is 27.8. The van der Waals surface area contributed by atoms with Gasteiger partial charge in [-0.3, -0.25) is 9.59 Å². The van der Waals surface area contributed by atoms with E-state index in [9.17, 15) is 111 Å². The molecule has 26 heterocycles. The number of amides is 4. The second-order valence-electron chi connectivity index (χ2n) is 26.0. The lowest BCUT2D eigenvalue weighted by molar-refractivity contribution is -0.395. The Bertz CT molecular complexity index is 3370. The zero-order valence-electron chi connectivity index (χ0n) is 54.7. The number of aliphatic hydroxyl groups excluding tert-OH is 19. The Balaban J connectivity index is 0.922. The highest BCUT2D eigenvalue weighted by molar-refractivity contribution is 7.10. The molecule has 22 bridgehead atoms. The van der Waals surface area contributed by atoms with E-state index in [1.54, 1.807) is 6.07 Å². The van der Waals surface area contributed by atoms with Crippen molar-refractivity contribution < 1.29 is 178 Å². The zero-order chi connectivity index (χ0) is 75.1. The lowest BCUT2D eigenvalue weighted by Crippen LogP contribution is -2.68. The van der Waals surface area contributed by atoms with Crippen LogP contribution < -0.4 is 32.3 Å². The molecule has 0 radical (unpaired) electrons. The van der Waals surface area contributed by atoms with Gasteiger partial charge >= 0.3 is 6.03 Å². The van der Waals surface area contributed by atoms with E-state index in [0.717, 1.165) is 22.7 Å². The summed E-state index contributed by atoms with van der Waals surface area (Å²) in [6.07, 6.45) is -73.7. The maximum absolute atomic E-state index is 14.1. The highest BCUT2D eigenvalue weighted by Crippen LogP contribution is 2.40. The molecule has 24 aliphatic rings. The first-order valence-corrected chi connectivity index (χ1v) is 34.9. The third-order valence-electron chi connectivity index (χ3n) is 19.0. The first kappa shape index (κ1) is 79.5. The standard InChI is InChI=1S/C59H84N8O36S2/c60-59(89)65-17-2-15-1-16(3-17)62-7-28-67-19(14-105-28)51(88)64-5-21-44-29(73)36(80)52(90-21)99-45-22(8-68)94-56(40(84)33(45)77)101-47-24(10-70)92-54(38(82)31(47)75)97-43-20(4-63-50(87)18-13-104-27(66-18)6-61-15)91-53(37(81)30(43)74)100-46-23(9-69)95-57(41(85)34(46)78)103-49-26(12-72)96-58(42(86)35(49)79)102-48-25(11-71)93-55(98-44)39(83)32(48)76/h1-3,13-14,20-26,29-49,52-58,61-62,68-86H,4-12H2,(H,63,87)(H,64,88)(H3,60,65,89)/t20-,21-,22-,23-,24-,25-,26-,29?,30?,31?,32?,33?,34?,35?,36?,37?,38?,39?,40?,41?,42?,43-,44-,45-,46-,47-,48-,49-,52-,53-,54-,55-,56-,57-,58-/m1/s1. The molecule has 26 N–H and O–H groups in total. The summed E-state index contributed by atoms with van der Waals surface area (Å²) >= 11 is 2.03. The average Bonchev–Trinajstić information content (AvgIpc) is 1.40. The molecule has 24 aliphatic heterocycles. The molecule has 4 amide bonds. The Morgan fingerprint density at radius 2 is 0.638 bits per heavy atom. The number of primary amides is 1. The number of nitrogens with zero attached hydrogens (tertiary/aromatic N) is 2. The number of ether oxygens (including phenoxy) is 14. The van der Waals surface area contributed by atoms with E-state index in [0.29, 0.717) is 21.4 Å². The van der Waals surface area contributed by atoms with Crippen LogP contribution in [-0.4, -0.2) is 386 Å². The van der Waals surface area contributed by atoms with E-state index in [1.807, 2.05) is 0 Å². The van der Waals surface area contributed by atoms with Crippen molar-refractivity contribution in [2.24, 2.45) is 5.73 Å². The number of carbonyl (C=O) groups is 3. The van der Waals surface area contributed by atoms with Crippen LogP contribution in [0.2, 0.25) is 0 Å². The van der Waals surface area contributed by atoms with E-state index in [4.69, 9.17) is 72.0 Å². The Morgan fingerprint density at radius 3 is 0.905 bits per heavy atom. The van der Waals surface area contributed by atoms with Gasteiger partial charge in [-0.05, 0) is 18.2 Å². The third kappa shape index (κ3) is 16.9. The van der Waals surface area contributed by atoms with Gasteiger partial charge in [0.1, 0.15) is 192 Å². The van der Waals surface area contributed by atoms with Crippen molar-refractivity contribution in [3.8, 4) is 0 Å². The highest BCUT2D eigenvalue weighted by atomic mass is 32.1. The Labute approximate surface area is 600 Å². The van der Waals surface area contributed by atoms with Crippen molar-refractivity contribution in [1.82, 2.24) is 20.6 Å². The zero-order valence-corrected chi connectivity index (χ0v) is 56.3. The molecule has 27 rings (SSSR count). The van der Waals surface area contributed by atoms with Crippen LogP contribution in [0, 0.1) is 0 Å². The summed E-state index contributed by atoms with van der Waals surface area (Å²) in [5.74, 6) is -1.81. The van der Waals surface area contributed by atoms with Gasteiger partial charge in [0.2, 0.25) is 0 Å². The van der Waals surface area contributed by atoms with Crippen molar-refractivity contribution in [2.45, 2.75) is 228 Å². The van der Waals surface area contributed by atoms with Crippen LogP contribution in [0.25, 0.3) is 0 Å². The minimum absolute atomic E-state index is 0.0489. The molecule has 0 saturated carbocycles. The largest absolute Gasteiger partial charge is 0.394 e. The van der Waals surface area contributed by atoms with Crippen molar-refractivity contribution >= 4 is 57.6 Å². The molecule has 588 valence electrons. The van der Waals surface area contributed by atoms with Crippen LogP contribution in [0.1, 0.15) is 31.0 Å². The number of anilines is 3. The molecule has 21 fully saturated rings. The minimum atomic E-state index is -2.32. The molecule has 0 aliphatic carbocycles. The Morgan fingerprint density at radius 1 is 0.381 bits per heavy atom. The van der Waals surface area contributed by atoms with Crippen molar-refractivity contribution in [3.63, 3.8) is 0 Å². The molecular weight excluding hydrogens is 1460 g/mol. The van der Waals surface area contributed by atoms with Crippen LogP contribution in [-0.2, 0) is 79.4 Å². The maximum Gasteiger partial charge on any atom is 0.316 e. The molecule has 0 spiro atoms. The fourth-order valence-electron chi connectivity index (χ4n) is 13.4. The lowest BCUT2D eigenvalue weighted by atomic mass is 9.95. The van der Waals surface area contributed by atoms with Gasteiger partial charge in [0.15, 0.2) is 44.0 Å². The Kier molecular flexibility index (Phi) is 25.8. The molecule has 105 heavy (non-hydrogen) atoms. The first-order valence-electron chi connectivity index (χ1n) is 33.1. The van der Waals surface area contributed by atoms with Crippen LogP contribution in [0.15, 0.2) is 29.0 Å². The number of hydrogen-bond donors (Lipinski definition) is 25.